The summed E-state index contributed by atoms with van der Waals surface area (Å²) in [5, 5.41) is 6.77. The molecule has 7 rings (SSSR count). The Labute approximate surface area is 234 Å². The molecule has 3 heterocycles. The summed E-state index contributed by atoms with van der Waals surface area (Å²) in [5.74, 6) is 2.03. The van der Waals surface area contributed by atoms with Gasteiger partial charge < -0.3 is 9.30 Å². The summed E-state index contributed by atoms with van der Waals surface area (Å²) < 4.78 is 10.2. The maximum atomic E-state index is 6.24. The van der Waals surface area contributed by atoms with Crippen molar-refractivity contribution >= 4 is 21.8 Å². The average Bonchev–Trinajstić information content (AvgIpc) is 3.58. The molecule has 0 saturated carbocycles. The van der Waals surface area contributed by atoms with E-state index < -0.39 is 0 Å². The van der Waals surface area contributed by atoms with Crippen LogP contribution in [0.3, 0.4) is 0 Å². The molecule has 7 aromatic rings. The molecule has 0 fully saturated rings. The van der Waals surface area contributed by atoms with Crippen LogP contribution in [0.2, 0.25) is 0 Å². The molecular weight excluding hydrogens is 651 g/mol. The van der Waals surface area contributed by atoms with Gasteiger partial charge in [-0.1, -0.05) is 60.1 Å². The van der Waals surface area contributed by atoms with E-state index in [-0.39, 0.29) is 21.1 Å². The summed E-state index contributed by atoms with van der Waals surface area (Å²) in [6.45, 7) is 0. The fourth-order valence-corrected chi connectivity index (χ4v) is 4.64. The van der Waals surface area contributed by atoms with E-state index in [1.165, 1.54) is 0 Å². The molecule has 0 aliphatic carbocycles. The monoisotopic (exact) mass is 671 g/mol. The van der Waals surface area contributed by atoms with Gasteiger partial charge in [-0.3, -0.25) is 4.68 Å². The van der Waals surface area contributed by atoms with Crippen LogP contribution in [-0.2, 0) is 21.1 Å². The summed E-state index contributed by atoms with van der Waals surface area (Å²) >= 11 is 0. The van der Waals surface area contributed by atoms with Crippen LogP contribution in [-0.4, -0.2) is 19.3 Å². The predicted molar refractivity (Wildman–Crippen MR) is 145 cm³/mol. The van der Waals surface area contributed by atoms with Gasteiger partial charge in [0.25, 0.3) is 0 Å². The number of para-hydroxylation sites is 1. The van der Waals surface area contributed by atoms with Gasteiger partial charge in [-0.05, 0) is 34.8 Å². The van der Waals surface area contributed by atoms with Crippen molar-refractivity contribution in [1.29, 1.82) is 0 Å². The maximum absolute atomic E-state index is 6.24. The molecule has 4 aromatic carbocycles. The third-order valence-electron chi connectivity index (χ3n) is 6.34. The second-order valence-electron chi connectivity index (χ2n) is 8.67. The van der Waals surface area contributed by atoms with E-state index in [2.05, 4.69) is 57.1 Å². The van der Waals surface area contributed by atoms with E-state index in [4.69, 9.17) is 4.74 Å². The molecule has 6 heteroatoms. The van der Waals surface area contributed by atoms with Crippen molar-refractivity contribution < 1.29 is 25.8 Å². The van der Waals surface area contributed by atoms with Gasteiger partial charge in [-0.15, -0.1) is 35.7 Å². The first-order chi connectivity index (χ1) is 18.3. The molecule has 38 heavy (non-hydrogen) atoms. The van der Waals surface area contributed by atoms with E-state index in [9.17, 15) is 0 Å². The fourth-order valence-electron chi connectivity index (χ4n) is 4.64. The number of benzene rings is 4. The first kappa shape index (κ1) is 23.9. The number of ether oxygens (including phenoxy) is 1. The third kappa shape index (κ3) is 4.31. The van der Waals surface area contributed by atoms with E-state index in [1.54, 1.807) is 10.9 Å². The van der Waals surface area contributed by atoms with E-state index in [0.29, 0.717) is 11.5 Å². The van der Waals surface area contributed by atoms with Crippen LogP contribution in [0.1, 0.15) is 0 Å². The Morgan fingerprint density at radius 2 is 1.47 bits per heavy atom. The normalized spacial score (nSPS) is 10.9. The molecule has 0 aliphatic heterocycles. The number of fused-ring (bicyclic) bond motifs is 3. The molecule has 0 unspecified atom stereocenters. The molecule has 5 nitrogen and oxygen atoms in total. The van der Waals surface area contributed by atoms with Gasteiger partial charge in [-0.25, -0.2) is 4.98 Å². The Kier molecular flexibility index (Phi) is 6.36. The molecule has 0 amide bonds. The third-order valence-corrected chi connectivity index (χ3v) is 6.34. The van der Waals surface area contributed by atoms with E-state index >= 15 is 0 Å². The van der Waals surface area contributed by atoms with Gasteiger partial charge in [0.1, 0.15) is 5.82 Å². The van der Waals surface area contributed by atoms with Crippen molar-refractivity contribution in [2.45, 2.75) is 0 Å². The van der Waals surface area contributed by atoms with Crippen LogP contribution in [0.4, 0.5) is 0 Å². The average molecular weight is 672 g/mol. The van der Waals surface area contributed by atoms with Gasteiger partial charge in [0.2, 0.25) is 0 Å². The first-order valence-electron chi connectivity index (χ1n) is 12.0. The second kappa shape index (κ2) is 10.1. The number of rotatable bonds is 5. The Morgan fingerprint density at radius 1 is 0.658 bits per heavy atom. The number of hydrogen-bond acceptors (Lipinski definition) is 3. The van der Waals surface area contributed by atoms with Gasteiger partial charge in [0.15, 0.2) is 0 Å². The van der Waals surface area contributed by atoms with Crippen LogP contribution in [0.25, 0.3) is 44.4 Å². The summed E-state index contributed by atoms with van der Waals surface area (Å²) in [6, 6.07) is 41.0. The molecule has 0 aliphatic rings. The van der Waals surface area contributed by atoms with Crippen LogP contribution in [0, 0.1) is 12.1 Å². The number of nitrogens with zero attached hydrogens (tertiary/aromatic N) is 4. The molecular formula is C32H20N4OPt. The molecule has 0 bridgehead atoms. The van der Waals surface area contributed by atoms with E-state index in [1.807, 2.05) is 85.2 Å². The Bertz CT molecular complexity index is 1860. The van der Waals surface area contributed by atoms with Crippen LogP contribution in [0.15, 0.2) is 122 Å². The largest absolute Gasteiger partial charge is 2.00 e. The van der Waals surface area contributed by atoms with Crippen LogP contribution in [0.5, 0.6) is 11.5 Å². The van der Waals surface area contributed by atoms with Crippen molar-refractivity contribution in [3.63, 3.8) is 0 Å². The molecule has 0 spiro atoms. The van der Waals surface area contributed by atoms with Gasteiger partial charge >= 0.3 is 21.1 Å². The second-order valence-corrected chi connectivity index (χ2v) is 8.67. The van der Waals surface area contributed by atoms with E-state index in [0.717, 1.165) is 44.4 Å². The van der Waals surface area contributed by atoms with Crippen molar-refractivity contribution in [2.24, 2.45) is 0 Å². The molecule has 0 saturated heterocycles. The number of hydrogen-bond donors (Lipinski definition) is 0. The summed E-state index contributed by atoms with van der Waals surface area (Å²) in [5.41, 5.74) is 4.94. The SMILES string of the molecule is [Pt+2].[c-]1c(Oc2[c-]c3c(cc2)c2ccccc2n3-c2ccccn2)cccc1-n1cc(-c2ccccc2)cn1. The standard InChI is InChI=1S/C32H20N4O.Pt/c1-2-9-23(10-3-1)24-21-34-35(22-24)25-11-8-12-26(19-25)37-27-16-17-29-28-13-4-5-14-30(28)36(31(29)20-27)32-15-6-7-18-33-32;/h1-18,21-22H;/q-2;+2. The summed E-state index contributed by atoms with van der Waals surface area (Å²) in [7, 11) is 0. The molecule has 184 valence electrons. The van der Waals surface area contributed by atoms with Gasteiger partial charge in [-0.2, -0.15) is 17.2 Å². The zero-order valence-electron chi connectivity index (χ0n) is 20.1. The Balaban J connectivity index is 0.00000264. The number of aromatic nitrogens is 4. The maximum Gasteiger partial charge on any atom is 2.00 e. The van der Waals surface area contributed by atoms with Gasteiger partial charge in [0.05, 0.1) is 6.20 Å². The van der Waals surface area contributed by atoms with Crippen molar-refractivity contribution in [3.05, 3.63) is 134 Å². The van der Waals surface area contributed by atoms with Gasteiger partial charge in [0, 0.05) is 35.0 Å². The molecule has 0 N–H and O–H groups in total. The van der Waals surface area contributed by atoms with Crippen LogP contribution >= 0.6 is 0 Å². The minimum Gasteiger partial charge on any atom is -0.509 e. The number of pyridine rings is 1. The Hall–Kier alpha value is -4.47. The topological polar surface area (TPSA) is 44.9 Å². The zero-order chi connectivity index (χ0) is 24.6. The summed E-state index contributed by atoms with van der Waals surface area (Å²) in [6.07, 6.45) is 5.65. The van der Waals surface area contributed by atoms with Crippen LogP contribution < -0.4 is 4.74 Å². The molecule has 3 aromatic heterocycles. The zero-order valence-corrected chi connectivity index (χ0v) is 22.3. The Morgan fingerprint density at radius 3 is 2.34 bits per heavy atom. The van der Waals surface area contributed by atoms with Crippen molar-refractivity contribution in [2.75, 3.05) is 0 Å². The summed E-state index contributed by atoms with van der Waals surface area (Å²) in [4.78, 5) is 4.59. The van der Waals surface area contributed by atoms with Crippen molar-refractivity contribution in [1.82, 2.24) is 19.3 Å². The fraction of sp³-hybridized carbons (Fsp3) is 0. The molecule has 0 atom stereocenters. The first-order valence-corrected chi connectivity index (χ1v) is 12.0. The quantitative estimate of drug-likeness (QED) is 0.179. The van der Waals surface area contributed by atoms with Crippen molar-refractivity contribution in [3.8, 4) is 34.1 Å². The minimum absolute atomic E-state index is 0. The smallest absolute Gasteiger partial charge is 0.509 e. The molecule has 0 radical (unpaired) electrons. The minimum atomic E-state index is 0. The predicted octanol–water partition coefficient (Wildman–Crippen LogP) is 7.42.